The fourth-order valence-corrected chi connectivity index (χ4v) is 2.67. The Bertz CT molecular complexity index is 414. The second kappa shape index (κ2) is 6.78. The molecule has 0 bridgehead atoms. The zero-order valence-corrected chi connectivity index (χ0v) is 13.0. The minimum atomic E-state index is -0.796. The number of rotatable bonds is 5. The van der Waals surface area contributed by atoms with Gasteiger partial charge in [-0.15, -0.1) is 0 Å². The number of carboxylic acids is 1. The van der Waals surface area contributed by atoms with E-state index in [0.29, 0.717) is 32.4 Å². The predicted octanol–water partition coefficient (Wildman–Crippen LogP) is 0.879. The van der Waals surface area contributed by atoms with Gasteiger partial charge in [-0.2, -0.15) is 0 Å². The Morgan fingerprint density at radius 1 is 1.29 bits per heavy atom. The van der Waals surface area contributed by atoms with Crippen molar-refractivity contribution in [3.8, 4) is 0 Å². The summed E-state index contributed by atoms with van der Waals surface area (Å²) in [5.74, 6) is -1.35. The highest BCUT2D eigenvalue weighted by atomic mass is 16.4. The summed E-state index contributed by atoms with van der Waals surface area (Å²) in [6.45, 7) is 6.16. The van der Waals surface area contributed by atoms with Gasteiger partial charge in [0.2, 0.25) is 5.91 Å². The first-order valence-corrected chi connectivity index (χ1v) is 7.30. The fourth-order valence-electron chi connectivity index (χ4n) is 2.67. The van der Waals surface area contributed by atoms with Gasteiger partial charge < -0.3 is 20.6 Å². The van der Waals surface area contributed by atoms with Crippen LogP contribution in [-0.2, 0) is 9.59 Å². The lowest BCUT2D eigenvalue weighted by Gasteiger charge is -2.40. The predicted molar refractivity (Wildman–Crippen MR) is 77.6 cm³/mol. The summed E-state index contributed by atoms with van der Waals surface area (Å²) in [4.78, 5) is 37.9. The lowest BCUT2D eigenvalue weighted by atomic mass is 9.76. The Balaban J connectivity index is 2.74. The van der Waals surface area contributed by atoms with E-state index in [4.69, 9.17) is 5.73 Å². The van der Waals surface area contributed by atoms with Crippen LogP contribution < -0.4 is 5.73 Å². The van der Waals surface area contributed by atoms with E-state index in [-0.39, 0.29) is 18.6 Å². The summed E-state index contributed by atoms with van der Waals surface area (Å²) in [7, 11) is 0. The molecular weight excluding hydrogens is 274 g/mol. The zero-order chi connectivity index (χ0) is 16.2. The van der Waals surface area contributed by atoms with Gasteiger partial charge in [0.15, 0.2) is 0 Å². The molecule has 0 saturated carbocycles. The summed E-state index contributed by atoms with van der Waals surface area (Å²) in [6, 6.07) is -0.388. The van der Waals surface area contributed by atoms with Gasteiger partial charge in [-0.1, -0.05) is 6.92 Å². The van der Waals surface area contributed by atoms with Crippen molar-refractivity contribution in [3.63, 3.8) is 0 Å². The molecule has 3 N–H and O–H groups in total. The average molecular weight is 299 g/mol. The summed E-state index contributed by atoms with van der Waals surface area (Å²) in [5.41, 5.74) is 4.44. The standard InChI is InChI=1S/C14H25N3O4/c1-4-14(12(19)20)5-7-16(8-6-14)13(21)17(10(2)3)9-11(15)18/h10H,4-9H2,1-3H3,(H2,15,18)(H,19,20). The molecule has 1 aliphatic rings. The maximum atomic E-state index is 12.4. The van der Waals surface area contributed by atoms with Crippen molar-refractivity contribution in [2.24, 2.45) is 11.1 Å². The van der Waals surface area contributed by atoms with Crippen molar-refractivity contribution < 1.29 is 19.5 Å². The van der Waals surface area contributed by atoms with Crippen molar-refractivity contribution in [1.82, 2.24) is 9.80 Å². The first kappa shape index (κ1) is 17.3. The van der Waals surface area contributed by atoms with Crippen molar-refractivity contribution in [2.45, 2.75) is 46.1 Å². The molecule has 1 saturated heterocycles. The Kier molecular flexibility index (Phi) is 5.57. The molecular formula is C14H25N3O4. The van der Waals surface area contributed by atoms with Crippen LogP contribution >= 0.6 is 0 Å². The summed E-state index contributed by atoms with van der Waals surface area (Å²) in [5, 5.41) is 9.35. The van der Waals surface area contributed by atoms with E-state index in [1.165, 1.54) is 4.90 Å². The second-order valence-corrected chi connectivity index (χ2v) is 5.90. The molecule has 7 nitrogen and oxygen atoms in total. The van der Waals surface area contributed by atoms with Gasteiger partial charge in [-0.25, -0.2) is 4.79 Å². The number of amides is 3. The molecule has 3 amide bonds. The largest absolute Gasteiger partial charge is 0.481 e. The lowest BCUT2D eigenvalue weighted by molar-refractivity contribution is -0.152. The fraction of sp³-hybridized carbons (Fsp3) is 0.786. The SMILES string of the molecule is CCC1(C(=O)O)CCN(C(=O)N(CC(N)=O)C(C)C)CC1. The van der Waals surface area contributed by atoms with E-state index < -0.39 is 17.3 Å². The molecule has 0 aromatic heterocycles. The molecule has 0 unspecified atom stereocenters. The van der Waals surface area contributed by atoms with Gasteiger partial charge in [0.25, 0.3) is 0 Å². The molecule has 0 atom stereocenters. The van der Waals surface area contributed by atoms with E-state index >= 15 is 0 Å². The highest BCUT2D eigenvalue weighted by Gasteiger charge is 2.41. The van der Waals surface area contributed by atoms with Gasteiger partial charge in [-0.3, -0.25) is 9.59 Å². The Morgan fingerprint density at radius 2 is 1.81 bits per heavy atom. The van der Waals surface area contributed by atoms with E-state index in [2.05, 4.69) is 0 Å². The second-order valence-electron chi connectivity index (χ2n) is 5.90. The maximum Gasteiger partial charge on any atom is 0.320 e. The zero-order valence-electron chi connectivity index (χ0n) is 13.0. The molecule has 0 radical (unpaired) electrons. The number of carbonyl (C=O) groups is 3. The third-order valence-electron chi connectivity index (χ3n) is 4.32. The number of carbonyl (C=O) groups excluding carboxylic acids is 2. The summed E-state index contributed by atoms with van der Waals surface area (Å²) < 4.78 is 0. The van der Waals surface area contributed by atoms with Crippen molar-refractivity contribution in [1.29, 1.82) is 0 Å². The topological polar surface area (TPSA) is 104 Å². The lowest BCUT2D eigenvalue weighted by Crippen LogP contribution is -2.53. The van der Waals surface area contributed by atoms with Gasteiger partial charge >= 0.3 is 12.0 Å². The molecule has 120 valence electrons. The normalized spacial score (nSPS) is 17.6. The molecule has 0 aromatic carbocycles. The number of likely N-dealkylation sites (tertiary alicyclic amines) is 1. The quantitative estimate of drug-likeness (QED) is 0.786. The molecule has 1 heterocycles. The highest BCUT2D eigenvalue weighted by Crippen LogP contribution is 2.35. The van der Waals surface area contributed by atoms with Gasteiger partial charge in [0.05, 0.1) is 5.41 Å². The van der Waals surface area contributed by atoms with E-state index in [1.54, 1.807) is 4.90 Å². The minimum absolute atomic E-state index is 0.120. The first-order valence-electron chi connectivity index (χ1n) is 7.30. The van der Waals surface area contributed by atoms with Gasteiger partial charge in [0, 0.05) is 19.1 Å². The Morgan fingerprint density at radius 3 is 2.14 bits per heavy atom. The molecule has 1 aliphatic heterocycles. The van der Waals surface area contributed by atoms with Crippen LogP contribution in [0.25, 0.3) is 0 Å². The Labute approximate surface area is 125 Å². The van der Waals surface area contributed by atoms with Crippen LogP contribution in [-0.4, -0.2) is 58.5 Å². The molecule has 0 spiro atoms. The average Bonchev–Trinajstić information content (AvgIpc) is 2.43. The summed E-state index contributed by atoms with van der Waals surface area (Å²) >= 11 is 0. The van der Waals surface area contributed by atoms with Crippen molar-refractivity contribution in [2.75, 3.05) is 19.6 Å². The van der Waals surface area contributed by atoms with Crippen molar-refractivity contribution in [3.05, 3.63) is 0 Å². The third-order valence-corrected chi connectivity index (χ3v) is 4.32. The maximum absolute atomic E-state index is 12.4. The number of urea groups is 1. The van der Waals surface area contributed by atoms with Crippen LogP contribution in [0.4, 0.5) is 4.79 Å². The number of hydrogen-bond acceptors (Lipinski definition) is 3. The molecule has 7 heteroatoms. The number of carboxylic acid groups (broad SMARTS) is 1. The number of nitrogens with two attached hydrogens (primary N) is 1. The molecule has 21 heavy (non-hydrogen) atoms. The number of primary amides is 1. The molecule has 0 aromatic rings. The van der Waals surface area contributed by atoms with Crippen LogP contribution in [0.1, 0.15) is 40.0 Å². The first-order chi connectivity index (χ1) is 9.73. The van der Waals surface area contributed by atoms with Crippen molar-refractivity contribution >= 4 is 17.9 Å². The highest BCUT2D eigenvalue weighted by molar-refractivity contribution is 5.83. The molecule has 0 aliphatic carbocycles. The van der Waals surface area contributed by atoms with Crippen LogP contribution in [0.5, 0.6) is 0 Å². The van der Waals surface area contributed by atoms with Crippen LogP contribution in [0, 0.1) is 5.41 Å². The number of hydrogen-bond donors (Lipinski definition) is 2. The number of aliphatic carboxylic acids is 1. The summed E-state index contributed by atoms with van der Waals surface area (Å²) in [6.07, 6.45) is 1.43. The van der Waals surface area contributed by atoms with Gasteiger partial charge in [0.1, 0.15) is 6.54 Å². The van der Waals surface area contributed by atoms with E-state index in [9.17, 15) is 19.5 Å². The van der Waals surface area contributed by atoms with Gasteiger partial charge in [-0.05, 0) is 33.1 Å². The number of nitrogens with zero attached hydrogens (tertiary/aromatic N) is 2. The van der Waals surface area contributed by atoms with Crippen LogP contribution in [0.2, 0.25) is 0 Å². The molecule has 1 fully saturated rings. The van der Waals surface area contributed by atoms with E-state index in [0.717, 1.165) is 0 Å². The molecule has 1 rings (SSSR count). The monoisotopic (exact) mass is 299 g/mol. The smallest absolute Gasteiger partial charge is 0.320 e. The van der Waals surface area contributed by atoms with Crippen LogP contribution in [0.15, 0.2) is 0 Å². The Hall–Kier alpha value is -1.79. The minimum Gasteiger partial charge on any atom is -0.481 e. The van der Waals surface area contributed by atoms with E-state index in [1.807, 2.05) is 20.8 Å². The number of piperidine rings is 1. The van der Waals surface area contributed by atoms with Crippen LogP contribution in [0.3, 0.4) is 0 Å². The third kappa shape index (κ3) is 3.86.